The maximum atomic E-state index is 5.76. The Morgan fingerprint density at radius 1 is 1.23 bits per heavy atom. The minimum atomic E-state index is 0.320. The van der Waals surface area contributed by atoms with E-state index in [9.17, 15) is 0 Å². The number of unbranched alkanes of at least 4 members (excludes halogenated alkanes) is 1. The first-order valence-corrected chi connectivity index (χ1v) is 11.7. The topological polar surface area (TPSA) is 102 Å². The normalized spacial score (nSPS) is 13.6. The van der Waals surface area contributed by atoms with Gasteiger partial charge in [-0.15, -0.1) is 11.3 Å². The second-order valence-electron chi connectivity index (χ2n) is 7.12. The van der Waals surface area contributed by atoms with Crippen molar-refractivity contribution in [2.75, 3.05) is 11.9 Å². The second-order valence-corrected chi connectivity index (χ2v) is 9.04. The summed E-state index contributed by atoms with van der Waals surface area (Å²) in [6.07, 6.45) is 4.42. The van der Waals surface area contributed by atoms with Crippen molar-refractivity contribution in [3.8, 4) is 6.01 Å². The van der Waals surface area contributed by atoms with Crippen LogP contribution < -0.4 is 10.1 Å². The van der Waals surface area contributed by atoms with Crippen LogP contribution in [-0.4, -0.2) is 36.7 Å². The number of nitrogens with zero attached hydrogens (tertiary/aromatic N) is 5. The lowest BCUT2D eigenvalue weighted by Crippen LogP contribution is -2.06. The molecule has 0 aliphatic heterocycles. The van der Waals surface area contributed by atoms with Crippen molar-refractivity contribution in [1.82, 2.24) is 30.1 Å². The van der Waals surface area contributed by atoms with Crippen molar-refractivity contribution in [1.29, 1.82) is 0 Å². The van der Waals surface area contributed by atoms with E-state index < -0.39 is 0 Å². The van der Waals surface area contributed by atoms with E-state index in [1.165, 1.54) is 24.6 Å². The molecule has 30 heavy (non-hydrogen) atoms. The van der Waals surface area contributed by atoms with E-state index in [-0.39, 0.29) is 0 Å². The number of thiazole rings is 1. The molecule has 8 nitrogen and oxygen atoms in total. The predicted octanol–water partition coefficient (Wildman–Crippen LogP) is 5.16. The summed E-state index contributed by atoms with van der Waals surface area (Å²) in [6.45, 7) is 2.70. The number of H-pyrrole nitrogens is 1. The first-order valence-electron chi connectivity index (χ1n) is 9.99. The van der Waals surface area contributed by atoms with Crippen molar-refractivity contribution in [3.63, 3.8) is 0 Å². The number of aromatic nitrogens is 6. The molecule has 0 atom stereocenters. The third-order valence-electron chi connectivity index (χ3n) is 4.69. The van der Waals surface area contributed by atoms with Crippen molar-refractivity contribution in [2.45, 2.75) is 48.6 Å². The molecule has 10 heteroatoms. The second kappa shape index (κ2) is 8.57. The molecule has 0 saturated heterocycles. The van der Waals surface area contributed by atoms with E-state index >= 15 is 0 Å². The van der Waals surface area contributed by atoms with Gasteiger partial charge in [0.15, 0.2) is 5.82 Å². The molecule has 0 unspecified atom stereocenters. The molecule has 3 heterocycles. The van der Waals surface area contributed by atoms with Gasteiger partial charge in [0, 0.05) is 22.6 Å². The monoisotopic (exact) mass is 439 g/mol. The highest BCUT2D eigenvalue weighted by atomic mass is 32.2. The average molecular weight is 440 g/mol. The van der Waals surface area contributed by atoms with Gasteiger partial charge in [-0.25, -0.2) is 4.98 Å². The zero-order chi connectivity index (χ0) is 20.3. The van der Waals surface area contributed by atoms with E-state index in [4.69, 9.17) is 4.74 Å². The highest BCUT2D eigenvalue weighted by Crippen LogP contribution is 2.39. The highest BCUT2D eigenvalue weighted by molar-refractivity contribution is 7.99. The van der Waals surface area contributed by atoms with Gasteiger partial charge in [0.25, 0.3) is 0 Å². The quantitative estimate of drug-likeness (QED) is 0.345. The molecule has 1 saturated carbocycles. The Morgan fingerprint density at radius 3 is 3.03 bits per heavy atom. The number of anilines is 2. The fourth-order valence-electron chi connectivity index (χ4n) is 2.93. The number of fused-ring (bicyclic) bond motifs is 1. The van der Waals surface area contributed by atoms with Crippen LogP contribution in [0.15, 0.2) is 39.8 Å². The lowest BCUT2D eigenvalue weighted by Gasteiger charge is -2.08. The SMILES string of the molecule is CCCCOc1nc(Nc2cc(C3CC3)[nH]n2)nc(Sc2ccc3ncsc3c2)n1. The lowest BCUT2D eigenvalue weighted by molar-refractivity contribution is 0.282. The van der Waals surface area contributed by atoms with Crippen molar-refractivity contribution < 1.29 is 4.74 Å². The molecule has 1 aliphatic carbocycles. The molecular formula is C20H21N7OS2. The summed E-state index contributed by atoms with van der Waals surface area (Å²) in [6, 6.07) is 8.47. The summed E-state index contributed by atoms with van der Waals surface area (Å²) in [5.74, 6) is 1.73. The summed E-state index contributed by atoms with van der Waals surface area (Å²) < 4.78 is 6.90. The van der Waals surface area contributed by atoms with Gasteiger partial charge in [-0.05, 0) is 49.2 Å². The summed E-state index contributed by atoms with van der Waals surface area (Å²) in [5, 5.41) is 11.2. The van der Waals surface area contributed by atoms with Crippen LogP contribution >= 0.6 is 23.1 Å². The van der Waals surface area contributed by atoms with Crippen LogP contribution in [0.4, 0.5) is 11.8 Å². The molecule has 1 aliphatic rings. The number of nitrogens with one attached hydrogen (secondary N) is 2. The Labute approximate surface area is 181 Å². The number of hydrogen-bond acceptors (Lipinski definition) is 9. The molecule has 0 spiro atoms. The van der Waals surface area contributed by atoms with E-state index in [1.807, 2.05) is 23.7 Å². The minimum Gasteiger partial charge on any atom is -0.463 e. The Hall–Kier alpha value is -2.72. The Bertz CT molecular complexity index is 1150. The van der Waals surface area contributed by atoms with Gasteiger partial charge in [0.05, 0.1) is 22.3 Å². The zero-order valence-corrected chi connectivity index (χ0v) is 18.1. The maximum absolute atomic E-state index is 5.76. The van der Waals surface area contributed by atoms with Gasteiger partial charge in [-0.2, -0.15) is 20.1 Å². The minimum absolute atomic E-state index is 0.320. The van der Waals surface area contributed by atoms with E-state index in [0.29, 0.717) is 35.5 Å². The highest BCUT2D eigenvalue weighted by Gasteiger charge is 2.25. The van der Waals surface area contributed by atoms with Crippen molar-refractivity contribution in [2.24, 2.45) is 0 Å². The largest absolute Gasteiger partial charge is 0.463 e. The van der Waals surface area contributed by atoms with Gasteiger partial charge in [-0.3, -0.25) is 5.10 Å². The summed E-state index contributed by atoms with van der Waals surface area (Å²) >= 11 is 3.09. The van der Waals surface area contributed by atoms with Crippen LogP contribution in [0.3, 0.4) is 0 Å². The van der Waals surface area contributed by atoms with E-state index in [0.717, 1.165) is 33.6 Å². The number of aromatic amines is 1. The molecule has 0 bridgehead atoms. The molecule has 154 valence electrons. The molecule has 3 aromatic heterocycles. The van der Waals surface area contributed by atoms with Gasteiger partial charge in [-0.1, -0.05) is 13.3 Å². The molecule has 0 radical (unpaired) electrons. The first-order chi connectivity index (χ1) is 14.8. The molecule has 5 rings (SSSR count). The van der Waals surface area contributed by atoms with Crippen LogP contribution in [-0.2, 0) is 0 Å². The maximum Gasteiger partial charge on any atom is 0.322 e. The molecule has 1 aromatic carbocycles. The van der Waals surface area contributed by atoms with Gasteiger partial charge < -0.3 is 10.1 Å². The van der Waals surface area contributed by atoms with Crippen molar-refractivity contribution >= 4 is 45.1 Å². The van der Waals surface area contributed by atoms with Gasteiger partial charge in [0.2, 0.25) is 11.1 Å². The third-order valence-corrected chi connectivity index (χ3v) is 6.34. The smallest absolute Gasteiger partial charge is 0.322 e. The Kier molecular flexibility index (Phi) is 5.50. The van der Waals surface area contributed by atoms with Crippen LogP contribution in [0.2, 0.25) is 0 Å². The molecule has 4 aromatic rings. The van der Waals surface area contributed by atoms with Crippen LogP contribution in [0, 0.1) is 0 Å². The average Bonchev–Trinajstić information content (AvgIpc) is 3.30. The van der Waals surface area contributed by atoms with E-state index in [1.54, 1.807) is 11.3 Å². The fraction of sp³-hybridized carbons (Fsp3) is 0.350. The van der Waals surface area contributed by atoms with Crippen LogP contribution in [0.1, 0.15) is 44.2 Å². The fourth-order valence-corrected chi connectivity index (χ4v) is 4.51. The molecule has 2 N–H and O–H groups in total. The van der Waals surface area contributed by atoms with Crippen LogP contribution in [0.5, 0.6) is 6.01 Å². The zero-order valence-electron chi connectivity index (χ0n) is 16.5. The van der Waals surface area contributed by atoms with Crippen molar-refractivity contribution in [3.05, 3.63) is 35.5 Å². The predicted molar refractivity (Wildman–Crippen MR) is 118 cm³/mol. The summed E-state index contributed by atoms with van der Waals surface area (Å²) in [7, 11) is 0. The Morgan fingerprint density at radius 2 is 2.17 bits per heavy atom. The lowest BCUT2D eigenvalue weighted by atomic mass is 10.3. The molecular weight excluding hydrogens is 418 g/mol. The molecule has 1 fully saturated rings. The van der Waals surface area contributed by atoms with E-state index in [2.05, 4.69) is 48.4 Å². The standard InChI is InChI=1S/C20H21N7OS2/c1-2-3-8-28-19-23-18(22-17-10-15(26-27-17)12-4-5-12)24-20(25-19)30-13-6-7-14-16(9-13)29-11-21-14/h6-7,9-12H,2-5,8H2,1H3,(H2,22,23,24,25,26,27). The van der Waals surface area contributed by atoms with Gasteiger partial charge in [0.1, 0.15) is 0 Å². The number of hydrogen-bond donors (Lipinski definition) is 2. The van der Waals surface area contributed by atoms with Crippen LogP contribution in [0.25, 0.3) is 10.2 Å². The number of benzene rings is 1. The third kappa shape index (κ3) is 4.54. The molecule has 0 amide bonds. The van der Waals surface area contributed by atoms with Gasteiger partial charge >= 0.3 is 6.01 Å². The summed E-state index contributed by atoms with van der Waals surface area (Å²) in [4.78, 5) is 18.9. The summed E-state index contributed by atoms with van der Waals surface area (Å²) in [5.41, 5.74) is 4.00. The first kappa shape index (κ1) is 19.3. The number of ether oxygens (including phenoxy) is 1. The Balaban J connectivity index is 1.39. The number of rotatable bonds is 9.